The molecule has 0 spiro atoms. The summed E-state index contributed by atoms with van der Waals surface area (Å²) in [6.45, 7) is 4.75. The van der Waals surface area contributed by atoms with Crippen molar-refractivity contribution in [3.8, 4) is 5.88 Å². The van der Waals surface area contributed by atoms with E-state index in [4.69, 9.17) is 4.74 Å². The molecule has 0 radical (unpaired) electrons. The predicted octanol–water partition coefficient (Wildman–Crippen LogP) is 2.65. The Balaban J connectivity index is 1.57. The zero-order valence-corrected chi connectivity index (χ0v) is 13.1. The molecule has 0 saturated heterocycles. The van der Waals surface area contributed by atoms with E-state index in [2.05, 4.69) is 34.2 Å². The quantitative estimate of drug-likeness (QED) is 0.757. The van der Waals surface area contributed by atoms with E-state index in [0.717, 1.165) is 43.1 Å². The van der Waals surface area contributed by atoms with Gasteiger partial charge in [0, 0.05) is 31.1 Å². The Bertz CT molecular complexity index is 471. The molecule has 0 amide bonds. The number of nitrogens with zero attached hydrogens (tertiary/aromatic N) is 3. The maximum Gasteiger partial charge on any atom is 0.218 e. The average Bonchev–Trinajstić information content (AvgIpc) is 3.37. The maximum atomic E-state index is 5.86. The van der Waals surface area contributed by atoms with Crippen LogP contribution >= 0.6 is 0 Å². The van der Waals surface area contributed by atoms with Crippen LogP contribution in [0, 0.1) is 0 Å². The first-order valence-electron chi connectivity index (χ1n) is 8.22. The molecule has 116 valence electrons. The van der Waals surface area contributed by atoms with Crippen LogP contribution < -0.4 is 10.1 Å². The molecular formula is C16H26N4O. The Hall–Kier alpha value is -1.36. The van der Waals surface area contributed by atoms with Gasteiger partial charge in [0.25, 0.3) is 0 Å². The molecule has 21 heavy (non-hydrogen) atoms. The minimum absolute atomic E-state index is 0.546. The number of nitrogens with one attached hydrogen (secondary N) is 1. The third-order valence-corrected chi connectivity index (χ3v) is 4.08. The van der Waals surface area contributed by atoms with Crippen LogP contribution in [0.3, 0.4) is 0 Å². The molecule has 0 bridgehead atoms. The molecule has 0 aromatic carbocycles. The first kappa shape index (κ1) is 14.6. The second kappa shape index (κ2) is 6.60. The summed E-state index contributed by atoms with van der Waals surface area (Å²) >= 11 is 0. The average molecular weight is 290 g/mol. The van der Waals surface area contributed by atoms with Crippen LogP contribution in [-0.4, -0.2) is 47.7 Å². The number of hydrogen-bond acceptors (Lipinski definition) is 5. The van der Waals surface area contributed by atoms with E-state index in [1.54, 1.807) is 0 Å². The maximum absolute atomic E-state index is 5.86. The Labute approximate surface area is 127 Å². The van der Waals surface area contributed by atoms with Crippen molar-refractivity contribution < 1.29 is 4.74 Å². The second-order valence-corrected chi connectivity index (χ2v) is 6.21. The lowest BCUT2D eigenvalue weighted by molar-refractivity contribution is 0.226. The van der Waals surface area contributed by atoms with Crippen molar-refractivity contribution in [3.63, 3.8) is 0 Å². The van der Waals surface area contributed by atoms with Crippen molar-refractivity contribution in [2.24, 2.45) is 0 Å². The van der Waals surface area contributed by atoms with E-state index in [1.165, 1.54) is 25.7 Å². The zero-order valence-electron chi connectivity index (χ0n) is 13.1. The molecule has 2 fully saturated rings. The van der Waals surface area contributed by atoms with E-state index in [1.807, 2.05) is 6.07 Å². The van der Waals surface area contributed by atoms with Gasteiger partial charge in [-0.05, 0) is 39.2 Å². The largest absolute Gasteiger partial charge is 0.476 e. The van der Waals surface area contributed by atoms with E-state index in [-0.39, 0.29) is 0 Å². The number of hydrogen-bond donors (Lipinski definition) is 1. The van der Waals surface area contributed by atoms with Crippen LogP contribution in [0.4, 0.5) is 5.82 Å². The fourth-order valence-electron chi connectivity index (χ4n) is 2.38. The molecule has 1 aromatic rings. The second-order valence-electron chi connectivity index (χ2n) is 6.21. The lowest BCUT2D eigenvalue weighted by Gasteiger charge is -2.16. The summed E-state index contributed by atoms with van der Waals surface area (Å²) in [7, 11) is 2.17. The molecule has 0 aliphatic heterocycles. The van der Waals surface area contributed by atoms with Crippen LogP contribution in [0.5, 0.6) is 5.88 Å². The summed E-state index contributed by atoms with van der Waals surface area (Å²) in [5.41, 5.74) is 0. The lowest BCUT2D eigenvalue weighted by atomic mass is 10.4. The Morgan fingerprint density at radius 2 is 2.10 bits per heavy atom. The highest BCUT2D eigenvalue weighted by Gasteiger charge is 2.28. The molecule has 1 N–H and O–H groups in total. The first-order valence-corrected chi connectivity index (χ1v) is 8.22. The summed E-state index contributed by atoms with van der Waals surface area (Å²) < 4.78 is 5.86. The predicted molar refractivity (Wildman–Crippen MR) is 83.9 cm³/mol. The minimum atomic E-state index is 0.546. The zero-order chi connectivity index (χ0) is 14.7. The van der Waals surface area contributed by atoms with Gasteiger partial charge >= 0.3 is 0 Å². The van der Waals surface area contributed by atoms with Crippen molar-refractivity contribution in [2.45, 2.75) is 51.0 Å². The molecule has 2 saturated carbocycles. The summed E-state index contributed by atoms with van der Waals surface area (Å²) in [6.07, 6.45) is 6.18. The van der Waals surface area contributed by atoms with E-state index >= 15 is 0 Å². The van der Waals surface area contributed by atoms with Gasteiger partial charge in [-0.1, -0.05) is 6.92 Å². The summed E-state index contributed by atoms with van der Waals surface area (Å²) in [6, 6.07) is 2.71. The van der Waals surface area contributed by atoms with Crippen LogP contribution in [0.2, 0.25) is 0 Å². The molecule has 5 nitrogen and oxygen atoms in total. The van der Waals surface area contributed by atoms with Gasteiger partial charge < -0.3 is 15.0 Å². The van der Waals surface area contributed by atoms with Gasteiger partial charge in [-0.25, -0.2) is 4.98 Å². The summed E-state index contributed by atoms with van der Waals surface area (Å²) in [5, 5.41) is 3.34. The summed E-state index contributed by atoms with van der Waals surface area (Å²) in [5.74, 6) is 3.11. The Morgan fingerprint density at radius 1 is 1.29 bits per heavy atom. The fourth-order valence-corrected chi connectivity index (χ4v) is 2.38. The normalized spacial score (nSPS) is 18.0. The molecule has 0 atom stereocenters. The van der Waals surface area contributed by atoms with Crippen molar-refractivity contribution in [1.82, 2.24) is 14.9 Å². The van der Waals surface area contributed by atoms with E-state index in [9.17, 15) is 0 Å². The van der Waals surface area contributed by atoms with Crippen LogP contribution in [-0.2, 0) is 0 Å². The molecule has 5 heteroatoms. The molecular weight excluding hydrogens is 264 g/mol. The van der Waals surface area contributed by atoms with Gasteiger partial charge in [0.2, 0.25) is 5.88 Å². The third kappa shape index (κ3) is 4.30. The monoisotopic (exact) mass is 290 g/mol. The molecule has 2 aliphatic carbocycles. The number of aromatic nitrogens is 2. The Kier molecular flexibility index (Phi) is 4.58. The SMILES string of the molecule is CCCNc1cc(OCCN(C)C2CC2)nc(C2CC2)n1. The highest BCUT2D eigenvalue weighted by molar-refractivity contribution is 5.39. The van der Waals surface area contributed by atoms with Crippen molar-refractivity contribution in [2.75, 3.05) is 32.1 Å². The van der Waals surface area contributed by atoms with Gasteiger partial charge in [0.1, 0.15) is 18.2 Å². The van der Waals surface area contributed by atoms with Crippen LogP contribution in [0.15, 0.2) is 6.07 Å². The number of likely N-dealkylation sites (N-methyl/N-ethyl adjacent to an activating group) is 1. The van der Waals surface area contributed by atoms with Crippen molar-refractivity contribution in [3.05, 3.63) is 11.9 Å². The van der Waals surface area contributed by atoms with Gasteiger partial charge in [-0.2, -0.15) is 4.98 Å². The lowest BCUT2D eigenvalue weighted by Crippen LogP contribution is -2.26. The van der Waals surface area contributed by atoms with Crippen LogP contribution in [0.25, 0.3) is 0 Å². The number of ether oxygens (including phenoxy) is 1. The van der Waals surface area contributed by atoms with Gasteiger partial charge in [-0.3, -0.25) is 0 Å². The summed E-state index contributed by atoms with van der Waals surface area (Å²) in [4.78, 5) is 11.5. The van der Waals surface area contributed by atoms with Gasteiger partial charge in [-0.15, -0.1) is 0 Å². The fraction of sp³-hybridized carbons (Fsp3) is 0.750. The Morgan fingerprint density at radius 3 is 2.76 bits per heavy atom. The molecule has 3 rings (SSSR count). The smallest absolute Gasteiger partial charge is 0.218 e. The van der Waals surface area contributed by atoms with E-state index in [0.29, 0.717) is 12.5 Å². The van der Waals surface area contributed by atoms with Gasteiger partial charge in [0.05, 0.1) is 0 Å². The molecule has 0 unspecified atom stereocenters. The van der Waals surface area contributed by atoms with E-state index < -0.39 is 0 Å². The van der Waals surface area contributed by atoms with Crippen molar-refractivity contribution >= 4 is 5.82 Å². The molecule has 2 aliphatic rings. The highest BCUT2D eigenvalue weighted by Crippen LogP contribution is 2.39. The standard InChI is InChI=1S/C16H26N4O/c1-3-8-17-14-11-15(19-16(18-14)12-4-5-12)21-10-9-20(2)13-6-7-13/h11-13H,3-10H2,1-2H3,(H,17,18,19). The number of anilines is 1. The topological polar surface area (TPSA) is 50.3 Å². The molecule has 1 aromatic heterocycles. The number of rotatable bonds is 9. The van der Waals surface area contributed by atoms with Gasteiger partial charge in [0.15, 0.2) is 0 Å². The first-order chi connectivity index (χ1) is 10.3. The van der Waals surface area contributed by atoms with Crippen molar-refractivity contribution in [1.29, 1.82) is 0 Å². The minimum Gasteiger partial charge on any atom is -0.476 e. The van der Waals surface area contributed by atoms with Crippen LogP contribution in [0.1, 0.15) is 50.8 Å². The molecule has 1 heterocycles. The third-order valence-electron chi connectivity index (χ3n) is 4.08. The highest BCUT2D eigenvalue weighted by atomic mass is 16.5.